The topological polar surface area (TPSA) is 20.3 Å². The van der Waals surface area contributed by atoms with Gasteiger partial charge >= 0.3 is 6.18 Å². The van der Waals surface area contributed by atoms with Gasteiger partial charge in [-0.3, -0.25) is 4.79 Å². The van der Waals surface area contributed by atoms with E-state index < -0.39 is 18.5 Å². The molecular weight excluding hydrogens is 147 g/mol. The number of alkyl halides is 3. The lowest BCUT2D eigenvalue weighted by Gasteiger charge is -2.09. The van der Waals surface area contributed by atoms with Gasteiger partial charge < -0.3 is 4.90 Å². The summed E-state index contributed by atoms with van der Waals surface area (Å²) >= 11 is 0. The van der Waals surface area contributed by atoms with E-state index in [9.17, 15) is 18.0 Å². The number of Topliss-reactive ketones (excluding diaryl/α,β-unsaturated/α-hetero) is 1. The Morgan fingerprint density at radius 3 is 1.90 bits per heavy atom. The van der Waals surface area contributed by atoms with Gasteiger partial charge in [-0.05, 0) is 14.1 Å². The molecule has 0 aliphatic rings. The Morgan fingerprint density at radius 1 is 1.40 bits per heavy atom. The van der Waals surface area contributed by atoms with E-state index in [2.05, 4.69) is 0 Å². The molecule has 0 aromatic carbocycles. The number of carbonyl (C=O) groups excluding carboxylic acids is 1. The Morgan fingerprint density at radius 2 is 1.80 bits per heavy atom. The molecule has 0 unspecified atom stereocenters. The molecule has 0 rings (SSSR count). The number of hydrogen-bond donors (Lipinski definition) is 0. The van der Waals surface area contributed by atoms with Crippen LogP contribution >= 0.6 is 0 Å². The van der Waals surface area contributed by atoms with Gasteiger partial charge in [-0.15, -0.1) is 0 Å². The van der Waals surface area contributed by atoms with Crippen LogP contribution in [-0.2, 0) is 4.79 Å². The van der Waals surface area contributed by atoms with Crippen molar-refractivity contribution in [3.8, 4) is 0 Å². The molecule has 0 bridgehead atoms. The van der Waals surface area contributed by atoms with Crippen LogP contribution in [0.4, 0.5) is 13.2 Å². The molecule has 0 atom stereocenters. The van der Waals surface area contributed by atoms with Crippen molar-refractivity contribution in [2.24, 2.45) is 0 Å². The summed E-state index contributed by atoms with van der Waals surface area (Å²) in [5, 5.41) is 0. The van der Waals surface area contributed by atoms with Crippen molar-refractivity contribution in [1.29, 1.82) is 0 Å². The van der Waals surface area contributed by atoms with Crippen LogP contribution < -0.4 is 0 Å². The maximum atomic E-state index is 11.4. The third-order valence-corrected chi connectivity index (χ3v) is 0.776. The first-order valence-electron chi connectivity index (χ1n) is 2.59. The molecule has 0 aliphatic carbocycles. The second kappa shape index (κ2) is 3.01. The molecule has 0 aromatic rings. The number of nitrogens with zero attached hydrogens (tertiary/aromatic N) is 1. The van der Waals surface area contributed by atoms with Gasteiger partial charge in [0, 0.05) is 0 Å². The standard InChI is InChI=1S/C5H8F3NO/c1-9(2)3-4(10)5(6,7)8/h3H2,1-2H3. The van der Waals surface area contributed by atoms with E-state index in [1.807, 2.05) is 0 Å². The highest BCUT2D eigenvalue weighted by molar-refractivity contribution is 5.85. The molecule has 0 amide bonds. The number of rotatable bonds is 2. The minimum atomic E-state index is -4.69. The molecule has 0 radical (unpaired) electrons. The highest BCUT2D eigenvalue weighted by Crippen LogP contribution is 2.15. The molecule has 0 spiro atoms. The third kappa shape index (κ3) is 3.45. The van der Waals surface area contributed by atoms with Crippen molar-refractivity contribution in [2.45, 2.75) is 6.18 Å². The molecule has 0 aromatic heterocycles. The van der Waals surface area contributed by atoms with Crippen molar-refractivity contribution < 1.29 is 18.0 Å². The molecule has 10 heavy (non-hydrogen) atoms. The lowest BCUT2D eigenvalue weighted by Crippen LogP contribution is -2.32. The largest absolute Gasteiger partial charge is 0.451 e. The normalized spacial score (nSPS) is 12.2. The molecule has 0 fully saturated rings. The Bertz CT molecular complexity index is 129. The van der Waals surface area contributed by atoms with Gasteiger partial charge in [-0.1, -0.05) is 0 Å². The summed E-state index contributed by atoms with van der Waals surface area (Å²) < 4.78 is 34.3. The van der Waals surface area contributed by atoms with Gasteiger partial charge in [0.15, 0.2) is 0 Å². The van der Waals surface area contributed by atoms with Crippen LogP contribution in [0.5, 0.6) is 0 Å². The molecule has 60 valence electrons. The molecule has 2 nitrogen and oxygen atoms in total. The van der Waals surface area contributed by atoms with Crippen molar-refractivity contribution in [3.05, 3.63) is 0 Å². The Kier molecular flexibility index (Phi) is 2.83. The van der Waals surface area contributed by atoms with Gasteiger partial charge in [-0.2, -0.15) is 13.2 Å². The van der Waals surface area contributed by atoms with Crippen molar-refractivity contribution in [3.63, 3.8) is 0 Å². The zero-order valence-electron chi connectivity index (χ0n) is 5.70. The monoisotopic (exact) mass is 155 g/mol. The predicted octanol–water partition coefficient (Wildman–Crippen LogP) is 0.679. The number of ketones is 1. The summed E-state index contributed by atoms with van der Waals surface area (Å²) in [6.07, 6.45) is -4.69. The first kappa shape index (κ1) is 9.42. The lowest BCUT2D eigenvalue weighted by molar-refractivity contribution is -0.171. The summed E-state index contributed by atoms with van der Waals surface area (Å²) in [6, 6.07) is 0. The number of hydrogen-bond acceptors (Lipinski definition) is 2. The summed E-state index contributed by atoms with van der Waals surface area (Å²) in [6.45, 7) is -0.580. The average Bonchev–Trinajstić information content (AvgIpc) is 1.60. The van der Waals surface area contributed by atoms with Gasteiger partial charge in [0.2, 0.25) is 5.78 Å². The quantitative estimate of drug-likeness (QED) is 0.584. The summed E-state index contributed by atoms with van der Waals surface area (Å²) in [7, 11) is 2.81. The molecule has 0 heterocycles. The minimum Gasteiger partial charge on any atom is -0.302 e. The summed E-state index contributed by atoms with van der Waals surface area (Å²) in [4.78, 5) is 11.3. The van der Waals surface area contributed by atoms with E-state index in [0.29, 0.717) is 0 Å². The zero-order chi connectivity index (χ0) is 8.36. The number of carbonyl (C=O) groups is 1. The molecule has 0 aliphatic heterocycles. The third-order valence-electron chi connectivity index (χ3n) is 0.776. The van der Waals surface area contributed by atoms with Gasteiger partial charge in [0.25, 0.3) is 0 Å². The van der Waals surface area contributed by atoms with Crippen LogP contribution in [0, 0.1) is 0 Å². The van der Waals surface area contributed by atoms with E-state index in [1.165, 1.54) is 19.0 Å². The fraction of sp³-hybridized carbons (Fsp3) is 0.800. The van der Waals surface area contributed by atoms with E-state index in [0.717, 1.165) is 0 Å². The number of halogens is 3. The Balaban J connectivity index is 3.87. The van der Waals surface area contributed by atoms with Crippen molar-refractivity contribution >= 4 is 5.78 Å². The van der Waals surface area contributed by atoms with Gasteiger partial charge in [-0.25, -0.2) is 0 Å². The molecule has 0 saturated carbocycles. The van der Waals surface area contributed by atoms with Crippen LogP contribution in [0.2, 0.25) is 0 Å². The SMILES string of the molecule is CN(C)CC(=O)C(F)(F)F. The van der Waals surface area contributed by atoms with Gasteiger partial charge in [0.1, 0.15) is 0 Å². The van der Waals surface area contributed by atoms with Gasteiger partial charge in [0.05, 0.1) is 6.54 Å². The maximum absolute atomic E-state index is 11.4. The first-order chi connectivity index (χ1) is 4.34. The van der Waals surface area contributed by atoms with E-state index in [1.54, 1.807) is 0 Å². The van der Waals surface area contributed by atoms with E-state index in [-0.39, 0.29) is 0 Å². The average molecular weight is 155 g/mol. The predicted molar refractivity (Wildman–Crippen MR) is 29.6 cm³/mol. The van der Waals surface area contributed by atoms with Crippen LogP contribution in [0.1, 0.15) is 0 Å². The Hall–Kier alpha value is -0.580. The molecular formula is C5H8F3NO. The second-order valence-corrected chi connectivity index (χ2v) is 2.16. The van der Waals surface area contributed by atoms with Crippen molar-refractivity contribution in [1.82, 2.24) is 4.90 Å². The summed E-state index contributed by atoms with van der Waals surface area (Å²) in [5.41, 5.74) is 0. The first-order valence-corrected chi connectivity index (χ1v) is 2.59. The Labute approximate surface area is 56.6 Å². The maximum Gasteiger partial charge on any atom is 0.451 e. The number of likely N-dealkylation sites (N-methyl/N-ethyl adjacent to an activating group) is 1. The fourth-order valence-electron chi connectivity index (χ4n) is 0.377. The minimum absolute atomic E-state index is 0.580. The van der Waals surface area contributed by atoms with E-state index >= 15 is 0 Å². The van der Waals surface area contributed by atoms with Crippen LogP contribution in [-0.4, -0.2) is 37.5 Å². The zero-order valence-corrected chi connectivity index (χ0v) is 5.70. The second-order valence-electron chi connectivity index (χ2n) is 2.16. The highest BCUT2D eigenvalue weighted by Gasteiger charge is 2.37. The van der Waals surface area contributed by atoms with Crippen LogP contribution in [0.15, 0.2) is 0 Å². The molecule has 0 saturated heterocycles. The van der Waals surface area contributed by atoms with Crippen LogP contribution in [0.25, 0.3) is 0 Å². The van der Waals surface area contributed by atoms with E-state index in [4.69, 9.17) is 0 Å². The smallest absolute Gasteiger partial charge is 0.302 e. The lowest BCUT2D eigenvalue weighted by atomic mass is 10.4. The van der Waals surface area contributed by atoms with Crippen molar-refractivity contribution in [2.75, 3.05) is 20.6 Å². The fourth-order valence-corrected chi connectivity index (χ4v) is 0.377. The molecule has 0 N–H and O–H groups in total. The molecule has 5 heteroatoms. The summed E-state index contributed by atoms with van der Waals surface area (Å²) in [5.74, 6) is -1.71. The van der Waals surface area contributed by atoms with Crippen LogP contribution in [0.3, 0.4) is 0 Å². The highest BCUT2D eigenvalue weighted by atomic mass is 19.4.